The molecule has 0 radical (unpaired) electrons. The van der Waals surface area contributed by atoms with Gasteiger partial charge in [-0.3, -0.25) is 14.4 Å². The number of amides is 1. The zero-order valence-electron chi connectivity index (χ0n) is 14.9. The van der Waals surface area contributed by atoms with E-state index in [-0.39, 0.29) is 18.6 Å². The van der Waals surface area contributed by atoms with Gasteiger partial charge < -0.3 is 14.4 Å². The Morgan fingerprint density at radius 2 is 2.29 bits per heavy atom. The Morgan fingerprint density at radius 1 is 1.46 bits per heavy atom. The summed E-state index contributed by atoms with van der Waals surface area (Å²) in [6.45, 7) is 3.47. The average molecular weight is 336 g/mol. The standard InChI is InChI=1S/C17H28N4O3/c1-19(2)17(22)12-23-11-13-6-15-16(7-13)24-5-4-21(15)10-14-8-18-20(3)9-14/h8-9,13,15-16H,4-7,10-12H2,1-3H3/t13-,15+,16-/m0/s1. The number of fused-ring (bicyclic) bond motifs is 1. The van der Waals surface area contributed by atoms with Crippen LogP contribution in [0, 0.1) is 5.92 Å². The van der Waals surface area contributed by atoms with Crippen molar-refractivity contribution in [3.8, 4) is 0 Å². The smallest absolute Gasteiger partial charge is 0.248 e. The van der Waals surface area contributed by atoms with Crippen LogP contribution in [0.3, 0.4) is 0 Å². The third-order valence-corrected chi connectivity index (χ3v) is 4.97. The number of aromatic nitrogens is 2. The lowest BCUT2D eigenvalue weighted by molar-refractivity contribution is -0.134. The Labute approximate surface area is 143 Å². The van der Waals surface area contributed by atoms with E-state index in [0.29, 0.717) is 18.6 Å². The van der Waals surface area contributed by atoms with Crippen molar-refractivity contribution in [1.29, 1.82) is 0 Å². The molecule has 0 aromatic carbocycles. The Balaban J connectivity index is 1.50. The van der Waals surface area contributed by atoms with Gasteiger partial charge in [0, 0.05) is 52.0 Å². The van der Waals surface area contributed by atoms with Gasteiger partial charge in [0.15, 0.2) is 0 Å². The summed E-state index contributed by atoms with van der Waals surface area (Å²) in [7, 11) is 5.45. The summed E-state index contributed by atoms with van der Waals surface area (Å²) in [6, 6.07) is 0.442. The Morgan fingerprint density at radius 3 is 3.00 bits per heavy atom. The van der Waals surface area contributed by atoms with E-state index in [0.717, 1.165) is 32.5 Å². The number of morpholine rings is 1. The molecular formula is C17H28N4O3. The predicted molar refractivity (Wildman–Crippen MR) is 89.4 cm³/mol. The van der Waals surface area contributed by atoms with E-state index in [1.807, 2.05) is 17.9 Å². The topological polar surface area (TPSA) is 59.8 Å². The van der Waals surface area contributed by atoms with E-state index < -0.39 is 0 Å². The molecule has 1 amide bonds. The van der Waals surface area contributed by atoms with Crippen LogP contribution < -0.4 is 0 Å². The summed E-state index contributed by atoms with van der Waals surface area (Å²) in [5.41, 5.74) is 1.24. The SMILES string of the molecule is CN(C)C(=O)COC[C@@H]1C[C@@H]2OCCN(Cc3cnn(C)c3)[C@@H]2C1. The van der Waals surface area contributed by atoms with Gasteiger partial charge in [0.2, 0.25) is 5.91 Å². The fourth-order valence-electron chi connectivity index (χ4n) is 3.69. The van der Waals surface area contributed by atoms with Crippen LogP contribution in [0.2, 0.25) is 0 Å². The largest absolute Gasteiger partial charge is 0.375 e. The van der Waals surface area contributed by atoms with Crippen LogP contribution >= 0.6 is 0 Å². The first kappa shape index (κ1) is 17.4. The van der Waals surface area contributed by atoms with Crippen LogP contribution in [0.15, 0.2) is 12.4 Å². The van der Waals surface area contributed by atoms with Crippen LogP contribution in [-0.4, -0.2) is 78.1 Å². The second-order valence-corrected chi connectivity index (χ2v) is 7.11. The van der Waals surface area contributed by atoms with Crippen molar-refractivity contribution in [2.24, 2.45) is 13.0 Å². The lowest BCUT2D eigenvalue weighted by Gasteiger charge is -2.37. The van der Waals surface area contributed by atoms with Gasteiger partial charge in [-0.15, -0.1) is 0 Å². The van der Waals surface area contributed by atoms with Crippen molar-refractivity contribution in [3.05, 3.63) is 18.0 Å². The summed E-state index contributed by atoms with van der Waals surface area (Å²) >= 11 is 0. The molecule has 0 unspecified atom stereocenters. The molecule has 3 rings (SSSR count). The number of carbonyl (C=O) groups excluding carboxylic acids is 1. The van der Waals surface area contributed by atoms with E-state index in [1.165, 1.54) is 5.56 Å². The summed E-state index contributed by atoms with van der Waals surface area (Å²) in [5, 5.41) is 4.26. The van der Waals surface area contributed by atoms with E-state index >= 15 is 0 Å². The summed E-state index contributed by atoms with van der Waals surface area (Å²) in [4.78, 5) is 15.7. The summed E-state index contributed by atoms with van der Waals surface area (Å²) < 4.78 is 13.5. The highest BCUT2D eigenvalue weighted by Crippen LogP contribution is 2.35. The van der Waals surface area contributed by atoms with Crippen molar-refractivity contribution >= 4 is 5.91 Å². The van der Waals surface area contributed by atoms with Crippen LogP contribution in [0.1, 0.15) is 18.4 Å². The number of hydrogen-bond acceptors (Lipinski definition) is 5. The molecule has 2 fully saturated rings. The highest BCUT2D eigenvalue weighted by Gasteiger charge is 2.41. The summed E-state index contributed by atoms with van der Waals surface area (Å²) in [5.74, 6) is 0.476. The Kier molecular flexibility index (Phi) is 5.53. The van der Waals surface area contributed by atoms with Crippen molar-refractivity contribution < 1.29 is 14.3 Å². The first-order valence-electron chi connectivity index (χ1n) is 8.64. The third kappa shape index (κ3) is 4.15. The van der Waals surface area contributed by atoms with E-state index in [9.17, 15) is 4.79 Å². The molecule has 0 bridgehead atoms. The molecule has 24 heavy (non-hydrogen) atoms. The van der Waals surface area contributed by atoms with Crippen molar-refractivity contribution in [2.45, 2.75) is 31.5 Å². The number of hydrogen-bond donors (Lipinski definition) is 0. The lowest BCUT2D eigenvalue weighted by atomic mass is 10.1. The second-order valence-electron chi connectivity index (χ2n) is 7.11. The quantitative estimate of drug-likeness (QED) is 0.757. The fraction of sp³-hybridized carbons (Fsp3) is 0.765. The molecule has 134 valence electrons. The number of aryl methyl sites for hydroxylation is 1. The Bertz CT molecular complexity index is 560. The molecule has 0 spiro atoms. The number of ether oxygens (including phenoxy) is 2. The number of nitrogens with zero attached hydrogens (tertiary/aromatic N) is 4. The van der Waals surface area contributed by atoms with Crippen LogP contribution in [-0.2, 0) is 27.9 Å². The molecule has 1 aromatic heterocycles. The molecule has 2 aliphatic rings. The highest BCUT2D eigenvalue weighted by molar-refractivity contribution is 5.76. The second kappa shape index (κ2) is 7.63. The van der Waals surface area contributed by atoms with Crippen LogP contribution in [0.4, 0.5) is 0 Å². The third-order valence-electron chi connectivity index (χ3n) is 4.97. The van der Waals surface area contributed by atoms with Gasteiger partial charge in [-0.25, -0.2) is 0 Å². The lowest BCUT2D eigenvalue weighted by Crippen LogP contribution is -2.47. The summed E-state index contributed by atoms with van der Waals surface area (Å²) in [6.07, 6.45) is 6.39. The van der Waals surface area contributed by atoms with Gasteiger partial charge in [0.25, 0.3) is 0 Å². The molecule has 2 heterocycles. The molecule has 1 aliphatic carbocycles. The first-order chi connectivity index (χ1) is 11.5. The molecular weight excluding hydrogens is 308 g/mol. The predicted octanol–water partition coefficient (Wildman–Crippen LogP) is 0.504. The fourth-order valence-corrected chi connectivity index (χ4v) is 3.69. The monoisotopic (exact) mass is 336 g/mol. The minimum atomic E-state index is 0.0138. The maximum atomic E-state index is 11.6. The van der Waals surface area contributed by atoms with Crippen molar-refractivity contribution in [2.75, 3.05) is 40.5 Å². The zero-order chi connectivity index (χ0) is 17.1. The molecule has 1 saturated heterocycles. The zero-order valence-corrected chi connectivity index (χ0v) is 14.9. The van der Waals surface area contributed by atoms with Gasteiger partial charge in [-0.2, -0.15) is 5.10 Å². The van der Waals surface area contributed by atoms with Crippen LogP contribution in [0.25, 0.3) is 0 Å². The average Bonchev–Trinajstić information content (AvgIpc) is 3.13. The maximum absolute atomic E-state index is 11.6. The maximum Gasteiger partial charge on any atom is 0.248 e. The molecule has 1 saturated carbocycles. The van der Waals surface area contributed by atoms with Crippen molar-refractivity contribution in [3.63, 3.8) is 0 Å². The molecule has 7 heteroatoms. The number of likely N-dealkylation sites (N-methyl/N-ethyl adjacent to an activating group) is 1. The number of carbonyl (C=O) groups is 1. The van der Waals surface area contributed by atoms with E-state index in [4.69, 9.17) is 9.47 Å². The van der Waals surface area contributed by atoms with Crippen LogP contribution in [0.5, 0.6) is 0 Å². The highest BCUT2D eigenvalue weighted by atomic mass is 16.5. The molecule has 3 atom stereocenters. The molecule has 7 nitrogen and oxygen atoms in total. The van der Waals surface area contributed by atoms with Gasteiger partial charge in [0.1, 0.15) is 6.61 Å². The van der Waals surface area contributed by atoms with E-state index in [1.54, 1.807) is 19.0 Å². The van der Waals surface area contributed by atoms with E-state index in [2.05, 4.69) is 16.2 Å². The van der Waals surface area contributed by atoms with Gasteiger partial charge in [-0.1, -0.05) is 0 Å². The first-order valence-corrected chi connectivity index (χ1v) is 8.64. The normalized spacial score (nSPS) is 27.2. The molecule has 0 N–H and O–H groups in total. The van der Waals surface area contributed by atoms with Crippen molar-refractivity contribution in [1.82, 2.24) is 19.6 Å². The minimum absolute atomic E-state index is 0.0138. The molecule has 1 aliphatic heterocycles. The Hall–Kier alpha value is -1.44. The molecule has 1 aromatic rings. The minimum Gasteiger partial charge on any atom is -0.375 e. The van der Waals surface area contributed by atoms with Gasteiger partial charge >= 0.3 is 0 Å². The van der Waals surface area contributed by atoms with Gasteiger partial charge in [-0.05, 0) is 18.8 Å². The van der Waals surface area contributed by atoms with Gasteiger partial charge in [0.05, 0.1) is 25.5 Å². The number of rotatable bonds is 6.